The predicted molar refractivity (Wildman–Crippen MR) is 95.9 cm³/mol. The first-order valence-electron chi connectivity index (χ1n) is 8.11. The minimum absolute atomic E-state index is 0.0385. The second-order valence-electron chi connectivity index (χ2n) is 7.70. The molecule has 0 fully saturated rings. The van der Waals surface area contributed by atoms with E-state index in [-0.39, 0.29) is 16.9 Å². The lowest BCUT2D eigenvalue weighted by Crippen LogP contribution is -2.44. The quantitative estimate of drug-likeness (QED) is 0.797. The van der Waals surface area contributed by atoms with Crippen molar-refractivity contribution in [3.63, 3.8) is 0 Å². The summed E-state index contributed by atoms with van der Waals surface area (Å²) < 4.78 is 11.4. The molecule has 0 saturated heterocycles. The van der Waals surface area contributed by atoms with Gasteiger partial charge in [0.2, 0.25) is 0 Å². The Bertz CT molecular complexity index is 863. The van der Waals surface area contributed by atoms with Crippen LogP contribution in [0.1, 0.15) is 41.5 Å². The lowest BCUT2D eigenvalue weighted by atomic mass is 10.2. The molecule has 2 aromatic rings. The normalized spacial score (nSPS) is 11.9. The molecule has 0 aliphatic rings. The van der Waals surface area contributed by atoms with Gasteiger partial charge in [-0.2, -0.15) is 4.90 Å². The molecule has 10 nitrogen and oxygen atoms in total. The number of imidazole rings is 1. The molecule has 0 aliphatic heterocycles. The summed E-state index contributed by atoms with van der Waals surface area (Å²) in [5, 5.41) is 9.23. The number of fused-ring (bicyclic) bond motifs is 1. The molecule has 2 rings (SSSR count). The molecule has 0 spiro atoms. The lowest BCUT2D eigenvalue weighted by molar-refractivity contribution is 0.0429. The Balaban J connectivity index is 2.60. The number of ether oxygens (including phenoxy) is 2. The SMILES string of the molecule is CC(C)(C)OC(=O)N(C(=O)OC(C)(C)C)c1nccc2c1ncn2C(=O)O. The number of rotatable bonds is 1. The standard InChI is InChI=1S/C17H22N4O6/c1-16(2,3)26-14(24)21(15(25)27-17(4,5)6)12-11-10(7-8-18-12)20(9-19-11)13(22)23/h7-9H,1-6H3,(H,22,23). The number of hydrogen-bond donors (Lipinski definition) is 1. The van der Waals surface area contributed by atoms with Gasteiger partial charge in [0, 0.05) is 6.20 Å². The topological polar surface area (TPSA) is 124 Å². The summed E-state index contributed by atoms with van der Waals surface area (Å²) in [5.41, 5.74) is -1.57. The molecule has 0 atom stereocenters. The van der Waals surface area contributed by atoms with Gasteiger partial charge in [-0.25, -0.2) is 28.9 Å². The highest BCUT2D eigenvalue weighted by atomic mass is 16.6. The zero-order chi connectivity index (χ0) is 20.6. The van der Waals surface area contributed by atoms with Gasteiger partial charge in [0.05, 0.1) is 5.52 Å². The van der Waals surface area contributed by atoms with Crippen LogP contribution in [-0.2, 0) is 9.47 Å². The number of imide groups is 1. The Morgan fingerprint density at radius 3 is 1.96 bits per heavy atom. The van der Waals surface area contributed by atoms with Crippen molar-refractivity contribution >= 4 is 35.1 Å². The Kier molecular flexibility index (Phi) is 5.12. The summed E-state index contributed by atoms with van der Waals surface area (Å²) in [6.07, 6.45) is -0.972. The van der Waals surface area contributed by atoms with E-state index in [0.717, 1.165) is 10.9 Å². The Morgan fingerprint density at radius 1 is 1.00 bits per heavy atom. The van der Waals surface area contributed by atoms with Crippen molar-refractivity contribution in [2.45, 2.75) is 52.7 Å². The molecule has 1 N–H and O–H groups in total. The third kappa shape index (κ3) is 4.72. The van der Waals surface area contributed by atoms with Crippen LogP contribution in [-0.4, -0.2) is 49.1 Å². The Hall–Kier alpha value is -3.17. The van der Waals surface area contributed by atoms with E-state index < -0.39 is 29.5 Å². The minimum atomic E-state index is -1.27. The molecule has 0 aliphatic carbocycles. The highest BCUT2D eigenvalue weighted by molar-refractivity contribution is 6.13. The molecular weight excluding hydrogens is 356 g/mol. The molecule has 27 heavy (non-hydrogen) atoms. The summed E-state index contributed by atoms with van der Waals surface area (Å²) in [7, 11) is 0. The van der Waals surface area contributed by atoms with Crippen molar-refractivity contribution in [3.8, 4) is 0 Å². The third-order valence-electron chi connectivity index (χ3n) is 3.02. The van der Waals surface area contributed by atoms with Crippen LogP contribution in [0, 0.1) is 0 Å². The van der Waals surface area contributed by atoms with Crippen LogP contribution < -0.4 is 4.90 Å². The maximum atomic E-state index is 12.7. The van der Waals surface area contributed by atoms with Crippen LogP contribution in [0.5, 0.6) is 0 Å². The highest BCUT2D eigenvalue weighted by Gasteiger charge is 2.35. The molecule has 0 saturated carbocycles. The summed E-state index contributed by atoms with van der Waals surface area (Å²) >= 11 is 0. The number of carbonyl (C=O) groups is 3. The third-order valence-corrected chi connectivity index (χ3v) is 3.02. The van der Waals surface area contributed by atoms with E-state index in [2.05, 4.69) is 9.97 Å². The zero-order valence-corrected chi connectivity index (χ0v) is 16.0. The molecule has 2 heterocycles. The number of carboxylic acid groups (broad SMARTS) is 1. The molecule has 2 aromatic heterocycles. The van der Waals surface area contributed by atoms with Gasteiger partial charge in [-0.1, -0.05) is 0 Å². The van der Waals surface area contributed by atoms with Crippen LogP contribution in [0.25, 0.3) is 11.0 Å². The van der Waals surface area contributed by atoms with E-state index in [0.29, 0.717) is 4.90 Å². The summed E-state index contributed by atoms with van der Waals surface area (Å²) in [4.78, 5) is 45.3. The van der Waals surface area contributed by atoms with Crippen molar-refractivity contribution in [1.29, 1.82) is 0 Å². The van der Waals surface area contributed by atoms with Gasteiger partial charge in [-0.15, -0.1) is 0 Å². The van der Waals surface area contributed by atoms with E-state index in [1.54, 1.807) is 41.5 Å². The average Bonchev–Trinajstić information content (AvgIpc) is 2.88. The van der Waals surface area contributed by atoms with Gasteiger partial charge in [0.15, 0.2) is 5.82 Å². The van der Waals surface area contributed by atoms with Crippen molar-refractivity contribution in [3.05, 3.63) is 18.6 Å². The van der Waals surface area contributed by atoms with Crippen molar-refractivity contribution in [2.24, 2.45) is 0 Å². The smallest absolute Gasteiger partial charge is 0.425 e. The molecule has 0 aromatic carbocycles. The molecule has 10 heteroatoms. The number of carbonyl (C=O) groups excluding carboxylic acids is 2. The van der Waals surface area contributed by atoms with E-state index in [4.69, 9.17) is 9.47 Å². The number of anilines is 1. The number of aromatic nitrogens is 3. The summed E-state index contributed by atoms with van der Waals surface area (Å²) in [6, 6.07) is 1.41. The Morgan fingerprint density at radius 2 is 1.52 bits per heavy atom. The molecule has 0 radical (unpaired) electrons. The van der Waals surface area contributed by atoms with Gasteiger partial charge in [-0.05, 0) is 47.6 Å². The average molecular weight is 378 g/mol. The van der Waals surface area contributed by atoms with Gasteiger partial charge in [0.25, 0.3) is 0 Å². The van der Waals surface area contributed by atoms with E-state index in [9.17, 15) is 19.5 Å². The first-order chi connectivity index (χ1) is 12.3. The van der Waals surface area contributed by atoms with E-state index >= 15 is 0 Å². The first kappa shape index (κ1) is 20.1. The van der Waals surface area contributed by atoms with Gasteiger partial charge < -0.3 is 14.6 Å². The fourth-order valence-corrected chi connectivity index (χ4v) is 2.11. The monoisotopic (exact) mass is 378 g/mol. The van der Waals surface area contributed by atoms with Gasteiger partial charge in [0.1, 0.15) is 23.0 Å². The van der Waals surface area contributed by atoms with Gasteiger partial charge >= 0.3 is 18.3 Å². The van der Waals surface area contributed by atoms with Crippen molar-refractivity contribution < 1.29 is 29.0 Å². The molecule has 0 unspecified atom stereocenters. The molecule has 146 valence electrons. The lowest BCUT2D eigenvalue weighted by Gasteiger charge is -2.28. The van der Waals surface area contributed by atoms with E-state index in [1.807, 2.05) is 0 Å². The maximum Gasteiger partial charge on any atom is 0.425 e. The number of nitrogens with zero attached hydrogens (tertiary/aromatic N) is 4. The Labute approximate surface area is 155 Å². The van der Waals surface area contributed by atoms with Crippen LogP contribution in [0.4, 0.5) is 20.2 Å². The van der Waals surface area contributed by atoms with Crippen LogP contribution in [0.2, 0.25) is 0 Å². The van der Waals surface area contributed by atoms with Crippen molar-refractivity contribution in [2.75, 3.05) is 4.90 Å². The first-order valence-corrected chi connectivity index (χ1v) is 8.11. The second kappa shape index (κ2) is 6.86. The fraction of sp³-hybridized carbons (Fsp3) is 0.471. The molecule has 2 amide bonds. The summed E-state index contributed by atoms with van der Waals surface area (Å²) in [6.45, 7) is 9.87. The number of pyridine rings is 1. The minimum Gasteiger partial charge on any atom is -0.464 e. The fourth-order valence-electron chi connectivity index (χ4n) is 2.11. The second-order valence-corrected chi connectivity index (χ2v) is 7.70. The molecule has 0 bridgehead atoms. The van der Waals surface area contributed by atoms with Gasteiger partial charge in [-0.3, -0.25) is 0 Å². The van der Waals surface area contributed by atoms with Crippen LogP contribution in [0.3, 0.4) is 0 Å². The number of hydrogen-bond acceptors (Lipinski definition) is 7. The van der Waals surface area contributed by atoms with Crippen molar-refractivity contribution in [1.82, 2.24) is 14.5 Å². The van der Waals surface area contributed by atoms with Crippen LogP contribution >= 0.6 is 0 Å². The summed E-state index contributed by atoms with van der Waals surface area (Å²) in [5.74, 6) is -0.184. The van der Waals surface area contributed by atoms with Crippen LogP contribution in [0.15, 0.2) is 18.6 Å². The zero-order valence-electron chi connectivity index (χ0n) is 16.0. The molecular formula is C17H22N4O6. The highest BCUT2D eigenvalue weighted by Crippen LogP contribution is 2.26. The van der Waals surface area contributed by atoms with E-state index in [1.165, 1.54) is 12.3 Å². The predicted octanol–water partition coefficient (Wildman–Crippen LogP) is 3.63. The largest absolute Gasteiger partial charge is 0.464 e. The number of amides is 2. The maximum absolute atomic E-state index is 12.7.